The van der Waals surface area contributed by atoms with Gasteiger partial charge in [-0.25, -0.2) is 0 Å². The van der Waals surface area contributed by atoms with Crippen molar-refractivity contribution in [3.8, 4) is 5.75 Å². The molecule has 2 amide bonds. The molecule has 0 saturated carbocycles. The average molecular weight is 396 g/mol. The van der Waals surface area contributed by atoms with E-state index in [9.17, 15) is 14.7 Å². The van der Waals surface area contributed by atoms with E-state index in [2.05, 4.69) is 10.6 Å². The van der Waals surface area contributed by atoms with Gasteiger partial charge in [-0.15, -0.1) is 11.3 Å². The molecular weight excluding hydrogens is 376 g/mol. The Balaban J connectivity index is 1.53. The van der Waals surface area contributed by atoms with E-state index < -0.39 is 17.9 Å². The predicted molar refractivity (Wildman–Crippen MR) is 108 cm³/mol. The van der Waals surface area contributed by atoms with Crippen molar-refractivity contribution in [3.05, 3.63) is 82.0 Å². The number of aliphatic hydroxyl groups excluding tert-OH is 1. The number of rotatable bonds is 6. The van der Waals surface area contributed by atoms with Gasteiger partial charge in [-0.3, -0.25) is 9.59 Å². The van der Waals surface area contributed by atoms with Crippen LogP contribution in [0.4, 0.5) is 5.69 Å². The highest BCUT2D eigenvalue weighted by Gasteiger charge is 2.16. The van der Waals surface area contributed by atoms with E-state index in [-0.39, 0.29) is 6.54 Å². The zero-order valence-electron chi connectivity index (χ0n) is 15.2. The molecular formula is C21H20N2O4S. The number of methoxy groups -OCH3 is 1. The maximum atomic E-state index is 12.0. The smallest absolute Gasteiger partial charge is 0.313 e. The van der Waals surface area contributed by atoms with Crippen LogP contribution in [0.15, 0.2) is 66.7 Å². The quantitative estimate of drug-likeness (QED) is 0.559. The van der Waals surface area contributed by atoms with Gasteiger partial charge >= 0.3 is 11.8 Å². The molecule has 0 bridgehead atoms. The Bertz CT molecular complexity index is 939. The maximum Gasteiger partial charge on any atom is 0.313 e. The Labute approximate surface area is 166 Å². The van der Waals surface area contributed by atoms with Crippen LogP contribution in [-0.2, 0) is 16.1 Å². The third kappa shape index (κ3) is 4.97. The number of nitrogens with one attached hydrogen (secondary N) is 2. The molecule has 0 fully saturated rings. The van der Waals surface area contributed by atoms with Crippen molar-refractivity contribution < 1.29 is 19.4 Å². The van der Waals surface area contributed by atoms with Gasteiger partial charge in [0.2, 0.25) is 0 Å². The minimum atomic E-state index is -0.744. The summed E-state index contributed by atoms with van der Waals surface area (Å²) in [7, 11) is 1.55. The Morgan fingerprint density at radius 3 is 2.39 bits per heavy atom. The maximum absolute atomic E-state index is 12.0. The monoisotopic (exact) mass is 396 g/mol. The summed E-state index contributed by atoms with van der Waals surface area (Å²) in [4.78, 5) is 25.6. The lowest BCUT2D eigenvalue weighted by Gasteiger charge is -2.08. The van der Waals surface area contributed by atoms with E-state index >= 15 is 0 Å². The van der Waals surface area contributed by atoms with Gasteiger partial charge in [0.05, 0.1) is 13.7 Å². The molecule has 0 radical (unpaired) electrons. The van der Waals surface area contributed by atoms with Gasteiger partial charge in [0.1, 0.15) is 11.9 Å². The van der Waals surface area contributed by atoms with Crippen LogP contribution in [0.3, 0.4) is 0 Å². The topological polar surface area (TPSA) is 87.7 Å². The number of amides is 2. The molecule has 1 atom stereocenters. The summed E-state index contributed by atoms with van der Waals surface area (Å²) in [5.74, 6) is -0.811. The third-order valence-corrected chi connectivity index (χ3v) is 5.18. The lowest BCUT2D eigenvalue weighted by Crippen LogP contribution is -2.34. The van der Waals surface area contributed by atoms with E-state index in [1.807, 2.05) is 42.5 Å². The van der Waals surface area contributed by atoms with Gasteiger partial charge in [0.25, 0.3) is 0 Å². The van der Waals surface area contributed by atoms with Crippen LogP contribution in [0.25, 0.3) is 0 Å². The van der Waals surface area contributed by atoms with Crippen molar-refractivity contribution in [2.45, 2.75) is 12.6 Å². The first-order valence-electron chi connectivity index (χ1n) is 8.61. The number of benzene rings is 2. The first-order chi connectivity index (χ1) is 13.6. The molecule has 144 valence electrons. The van der Waals surface area contributed by atoms with Crippen molar-refractivity contribution in [1.82, 2.24) is 5.32 Å². The highest BCUT2D eigenvalue weighted by atomic mass is 32.1. The van der Waals surface area contributed by atoms with Crippen LogP contribution >= 0.6 is 11.3 Å². The van der Waals surface area contributed by atoms with Gasteiger partial charge < -0.3 is 20.5 Å². The van der Waals surface area contributed by atoms with Crippen LogP contribution < -0.4 is 15.4 Å². The second-order valence-corrected chi connectivity index (χ2v) is 7.18. The zero-order valence-corrected chi connectivity index (χ0v) is 16.0. The second kappa shape index (κ2) is 9.16. The lowest BCUT2D eigenvalue weighted by atomic mass is 10.1. The average Bonchev–Trinajstić information content (AvgIpc) is 3.21. The number of carbonyl (C=O) groups excluding carboxylic acids is 2. The molecule has 28 heavy (non-hydrogen) atoms. The Kier molecular flexibility index (Phi) is 6.41. The van der Waals surface area contributed by atoms with Crippen LogP contribution in [0.5, 0.6) is 5.75 Å². The molecule has 3 N–H and O–H groups in total. The minimum Gasteiger partial charge on any atom is -0.497 e. The summed E-state index contributed by atoms with van der Waals surface area (Å²) < 4.78 is 5.05. The number of anilines is 1. The van der Waals surface area contributed by atoms with E-state index in [0.717, 1.165) is 15.3 Å². The third-order valence-electron chi connectivity index (χ3n) is 4.04. The summed E-state index contributed by atoms with van der Waals surface area (Å²) in [5.41, 5.74) is 1.31. The molecule has 3 aromatic rings. The largest absolute Gasteiger partial charge is 0.497 e. The molecule has 1 unspecified atom stereocenters. The van der Waals surface area contributed by atoms with Gasteiger partial charge in [0, 0.05) is 15.4 Å². The number of hydrogen-bond acceptors (Lipinski definition) is 5. The first-order valence-corrected chi connectivity index (χ1v) is 9.43. The minimum absolute atomic E-state index is 0.209. The molecule has 0 aliphatic carbocycles. The molecule has 1 aromatic heterocycles. The van der Waals surface area contributed by atoms with Crippen LogP contribution in [-0.4, -0.2) is 24.0 Å². The van der Waals surface area contributed by atoms with Gasteiger partial charge in [-0.1, -0.05) is 30.3 Å². The van der Waals surface area contributed by atoms with E-state index in [4.69, 9.17) is 4.74 Å². The van der Waals surface area contributed by atoms with E-state index in [1.54, 1.807) is 31.4 Å². The zero-order chi connectivity index (χ0) is 19.9. The highest BCUT2D eigenvalue weighted by Crippen LogP contribution is 2.28. The number of hydrogen-bond donors (Lipinski definition) is 3. The normalized spacial score (nSPS) is 11.5. The van der Waals surface area contributed by atoms with Crippen molar-refractivity contribution in [1.29, 1.82) is 0 Å². The van der Waals surface area contributed by atoms with E-state index in [0.29, 0.717) is 11.4 Å². The Morgan fingerprint density at radius 1 is 1.00 bits per heavy atom. The molecule has 0 saturated heterocycles. The van der Waals surface area contributed by atoms with Crippen LogP contribution in [0.1, 0.15) is 21.4 Å². The predicted octanol–water partition coefficient (Wildman–Crippen LogP) is 3.09. The van der Waals surface area contributed by atoms with Crippen molar-refractivity contribution >= 4 is 28.8 Å². The molecule has 3 rings (SSSR count). The number of carbonyl (C=O) groups is 2. The number of ether oxygens (including phenoxy) is 1. The molecule has 1 heterocycles. The Morgan fingerprint density at radius 2 is 1.71 bits per heavy atom. The van der Waals surface area contributed by atoms with Gasteiger partial charge in [-0.2, -0.15) is 0 Å². The molecule has 2 aromatic carbocycles. The summed E-state index contributed by atoms with van der Waals surface area (Å²) in [6.07, 6.45) is -0.714. The van der Waals surface area contributed by atoms with Crippen LogP contribution in [0, 0.1) is 0 Å². The van der Waals surface area contributed by atoms with Crippen molar-refractivity contribution in [2.24, 2.45) is 0 Å². The standard InChI is InChI=1S/C21H20N2O4S/c1-27-16-9-7-15(8-10-16)23-21(26)20(25)22-13-17-11-12-18(28-17)19(24)14-5-3-2-4-6-14/h2-12,19,24H,13H2,1H3,(H,22,25)(H,23,26). The summed E-state index contributed by atoms with van der Waals surface area (Å²) in [6, 6.07) is 19.7. The molecule has 0 aliphatic rings. The van der Waals surface area contributed by atoms with E-state index in [1.165, 1.54) is 11.3 Å². The fourth-order valence-electron chi connectivity index (χ4n) is 2.55. The summed E-state index contributed by atoms with van der Waals surface area (Å²) >= 11 is 1.39. The molecule has 0 aliphatic heterocycles. The van der Waals surface area contributed by atoms with Gasteiger partial charge in [0.15, 0.2) is 0 Å². The van der Waals surface area contributed by atoms with Crippen molar-refractivity contribution in [2.75, 3.05) is 12.4 Å². The number of thiophene rings is 1. The SMILES string of the molecule is COc1ccc(NC(=O)C(=O)NCc2ccc(C(O)c3ccccc3)s2)cc1. The molecule has 7 heteroatoms. The lowest BCUT2D eigenvalue weighted by molar-refractivity contribution is -0.136. The second-order valence-electron chi connectivity index (χ2n) is 5.98. The van der Waals surface area contributed by atoms with Gasteiger partial charge in [-0.05, 0) is 42.0 Å². The molecule has 0 spiro atoms. The first kappa shape index (κ1) is 19.6. The molecule has 6 nitrogen and oxygen atoms in total. The fraction of sp³-hybridized carbons (Fsp3) is 0.143. The van der Waals surface area contributed by atoms with Crippen LogP contribution in [0.2, 0.25) is 0 Å². The summed E-state index contributed by atoms with van der Waals surface area (Å²) in [5, 5.41) is 15.5. The Hall–Kier alpha value is -3.16. The fourth-order valence-corrected chi connectivity index (χ4v) is 3.51. The number of aliphatic hydroxyl groups is 1. The highest BCUT2D eigenvalue weighted by molar-refractivity contribution is 7.12. The van der Waals surface area contributed by atoms with Crippen molar-refractivity contribution in [3.63, 3.8) is 0 Å². The summed E-state index contributed by atoms with van der Waals surface area (Å²) in [6.45, 7) is 0.209.